The van der Waals surface area contributed by atoms with Gasteiger partial charge in [-0.2, -0.15) is 0 Å². The molecule has 0 saturated carbocycles. The molecule has 0 saturated heterocycles. The average molecular weight is 277 g/mol. The van der Waals surface area contributed by atoms with Crippen molar-refractivity contribution in [2.45, 2.75) is 0 Å². The van der Waals surface area contributed by atoms with E-state index in [1.807, 2.05) is 0 Å². The molecule has 8 heteroatoms. The highest BCUT2D eigenvalue weighted by molar-refractivity contribution is 5.93. The topological polar surface area (TPSA) is 105 Å². The van der Waals surface area contributed by atoms with Gasteiger partial charge in [0.1, 0.15) is 23.4 Å². The van der Waals surface area contributed by atoms with Gasteiger partial charge in [-0.3, -0.25) is 10.1 Å². The fourth-order valence-corrected chi connectivity index (χ4v) is 1.53. The Morgan fingerprint density at radius 3 is 2.70 bits per heavy atom. The molecule has 0 fully saturated rings. The van der Waals surface area contributed by atoms with Crippen LogP contribution in [0.25, 0.3) is 0 Å². The van der Waals surface area contributed by atoms with Crippen molar-refractivity contribution < 1.29 is 19.2 Å². The van der Waals surface area contributed by atoms with Crippen molar-refractivity contribution in [3.05, 3.63) is 58.0 Å². The van der Waals surface area contributed by atoms with Crippen LogP contribution in [-0.4, -0.2) is 21.0 Å². The molecule has 1 aromatic heterocycles. The summed E-state index contributed by atoms with van der Waals surface area (Å²) in [5, 5.41) is 22.2. The second-order valence-electron chi connectivity index (χ2n) is 3.75. The molecule has 0 aliphatic heterocycles. The van der Waals surface area contributed by atoms with Crippen LogP contribution in [0.4, 0.5) is 21.6 Å². The summed E-state index contributed by atoms with van der Waals surface area (Å²) in [6, 6.07) is 6.69. The van der Waals surface area contributed by atoms with Crippen molar-refractivity contribution in [3.63, 3.8) is 0 Å². The standard InChI is InChI=1S/C12H8FN3O4/c13-8-3-1-2-4-9(8)15-11-5-7(12(17)18)10(6-14-11)16(19)20/h1-6H,(H,14,15)(H,17,18). The van der Waals surface area contributed by atoms with Gasteiger partial charge >= 0.3 is 11.7 Å². The summed E-state index contributed by atoms with van der Waals surface area (Å²) in [6.07, 6.45) is 0.812. The van der Waals surface area contributed by atoms with Crippen LogP contribution in [0, 0.1) is 15.9 Å². The highest BCUT2D eigenvalue weighted by Gasteiger charge is 2.21. The van der Waals surface area contributed by atoms with Gasteiger partial charge in [0.2, 0.25) is 0 Å². The molecule has 0 spiro atoms. The van der Waals surface area contributed by atoms with Gasteiger partial charge < -0.3 is 10.4 Å². The van der Waals surface area contributed by atoms with Crippen molar-refractivity contribution in [1.82, 2.24) is 4.98 Å². The smallest absolute Gasteiger partial charge is 0.342 e. The van der Waals surface area contributed by atoms with Gasteiger partial charge in [-0.25, -0.2) is 14.2 Å². The molecule has 2 rings (SSSR count). The van der Waals surface area contributed by atoms with E-state index in [9.17, 15) is 19.3 Å². The van der Waals surface area contributed by atoms with Crippen LogP contribution in [0.3, 0.4) is 0 Å². The van der Waals surface area contributed by atoms with Crippen LogP contribution in [0.2, 0.25) is 0 Å². The maximum atomic E-state index is 13.4. The number of nitro groups is 1. The molecule has 102 valence electrons. The second kappa shape index (κ2) is 5.31. The minimum Gasteiger partial charge on any atom is -0.477 e. The number of halogens is 1. The number of hydrogen-bond donors (Lipinski definition) is 2. The van der Waals surface area contributed by atoms with E-state index in [-0.39, 0.29) is 11.5 Å². The number of nitrogens with one attached hydrogen (secondary N) is 1. The SMILES string of the molecule is O=C(O)c1cc(Nc2ccccc2F)ncc1[N+](=O)[O-]. The summed E-state index contributed by atoms with van der Waals surface area (Å²) >= 11 is 0. The quantitative estimate of drug-likeness (QED) is 0.657. The van der Waals surface area contributed by atoms with Gasteiger partial charge in [-0.05, 0) is 12.1 Å². The van der Waals surface area contributed by atoms with Gasteiger partial charge in [-0.15, -0.1) is 0 Å². The third-order valence-electron chi connectivity index (χ3n) is 2.45. The average Bonchev–Trinajstić information content (AvgIpc) is 2.41. The summed E-state index contributed by atoms with van der Waals surface area (Å²) in [7, 11) is 0. The Hall–Kier alpha value is -3.03. The minimum atomic E-state index is -1.46. The zero-order valence-corrected chi connectivity index (χ0v) is 9.91. The van der Waals surface area contributed by atoms with Crippen LogP contribution >= 0.6 is 0 Å². The lowest BCUT2D eigenvalue weighted by molar-refractivity contribution is -0.385. The second-order valence-corrected chi connectivity index (χ2v) is 3.75. The van der Waals surface area contributed by atoms with Gasteiger partial charge in [-0.1, -0.05) is 12.1 Å². The fourth-order valence-electron chi connectivity index (χ4n) is 1.53. The first-order valence-electron chi connectivity index (χ1n) is 5.38. The minimum absolute atomic E-state index is 0.00176. The molecule has 0 atom stereocenters. The Labute approximate surface area is 111 Å². The zero-order valence-electron chi connectivity index (χ0n) is 9.91. The maximum absolute atomic E-state index is 13.4. The number of nitrogens with zero attached hydrogens (tertiary/aromatic N) is 2. The Morgan fingerprint density at radius 2 is 2.10 bits per heavy atom. The highest BCUT2D eigenvalue weighted by atomic mass is 19.1. The monoisotopic (exact) mass is 277 g/mol. The van der Waals surface area contributed by atoms with Crippen molar-refractivity contribution >= 4 is 23.2 Å². The number of carbonyl (C=O) groups is 1. The number of hydrogen-bond acceptors (Lipinski definition) is 5. The number of carboxylic acids is 1. The summed E-state index contributed by atoms with van der Waals surface area (Å²) in [5.74, 6) is -2.02. The number of pyridine rings is 1. The normalized spacial score (nSPS) is 10.1. The molecule has 0 bridgehead atoms. The Kier molecular flexibility index (Phi) is 3.56. The number of para-hydroxylation sites is 1. The van der Waals surface area contributed by atoms with E-state index in [4.69, 9.17) is 5.11 Å². The van der Waals surface area contributed by atoms with Crippen molar-refractivity contribution in [2.75, 3.05) is 5.32 Å². The van der Waals surface area contributed by atoms with Crippen molar-refractivity contribution in [3.8, 4) is 0 Å². The van der Waals surface area contributed by atoms with E-state index in [2.05, 4.69) is 10.3 Å². The van der Waals surface area contributed by atoms with E-state index in [0.29, 0.717) is 0 Å². The number of aromatic carboxylic acids is 1. The summed E-state index contributed by atoms with van der Waals surface area (Å²) in [4.78, 5) is 24.5. The summed E-state index contributed by atoms with van der Waals surface area (Å²) in [5.41, 5.74) is -1.06. The summed E-state index contributed by atoms with van der Waals surface area (Å²) < 4.78 is 13.4. The maximum Gasteiger partial charge on any atom is 0.342 e. The molecule has 20 heavy (non-hydrogen) atoms. The van der Waals surface area contributed by atoms with Crippen LogP contribution in [0.1, 0.15) is 10.4 Å². The lowest BCUT2D eigenvalue weighted by Gasteiger charge is -2.07. The Balaban J connectivity index is 2.40. The zero-order chi connectivity index (χ0) is 14.7. The van der Waals surface area contributed by atoms with E-state index in [0.717, 1.165) is 12.3 Å². The largest absolute Gasteiger partial charge is 0.477 e. The summed E-state index contributed by atoms with van der Waals surface area (Å²) in [6.45, 7) is 0. The number of benzene rings is 1. The van der Waals surface area contributed by atoms with E-state index >= 15 is 0 Å². The van der Waals surface area contributed by atoms with Gasteiger partial charge in [0, 0.05) is 6.07 Å². The van der Waals surface area contributed by atoms with E-state index < -0.39 is 28.0 Å². The molecule has 2 aromatic rings. The lowest BCUT2D eigenvalue weighted by Crippen LogP contribution is -2.05. The molecule has 7 nitrogen and oxygen atoms in total. The number of carboxylic acid groups (broad SMARTS) is 1. The Morgan fingerprint density at radius 1 is 1.40 bits per heavy atom. The molecular formula is C12H8FN3O4. The van der Waals surface area contributed by atoms with Crippen LogP contribution < -0.4 is 5.32 Å². The lowest BCUT2D eigenvalue weighted by atomic mass is 10.2. The predicted octanol–water partition coefficient (Wildman–Crippen LogP) is 2.57. The first-order chi connectivity index (χ1) is 9.49. The van der Waals surface area contributed by atoms with Gasteiger partial charge in [0.25, 0.3) is 0 Å². The van der Waals surface area contributed by atoms with E-state index in [1.54, 1.807) is 6.07 Å². The van der Waals surface area contributed by atoms with Crippen LogP contribution in [-0.2, 0) is 0 Å². The molecule has 0 radical (unpaired) electrons. The third kappa shape index (κ3) is 2.69. The molecule has 0 unspecified atom stereocenters. The highest BCUT2D eigenvalue weighted by Crippen LogP contribution is 2.23. The molecule has 1 heterocycles. The molecule has 0 aliphatic rings. The molecule has 0 amide bonds. The first-order valence-corrected chi connectivity index (χ1v) is 5.38. The molecule has 1 aromatic carbocycles. The molecule has 2 N–H and O–H groups in total. The third-order valence-corrected chi connectivity index (χ3v) is 2.45. The van der Waals surface area contributed by atoms with Crippen molar-refractivity contribution in [1.29, 1.82) is 0 Å². The number of aromatic nitrogens is 1. The van der Waals surface area contributed by atoms with E-state index in [1.165, 1.54) is 18.2 Å². The molecular weight excluding hydrogens is 269 g/mol. The number of rotatable bonds is 4. The van der Waals surface area contributed by atoms with Crippen LogP contribution in [0.5, 0.6) is 0 Å². The van der Waals surface area contributed by atoms with Crippen LogP contribution in [0.15, 0.2) is 36.5 Å². The van der Waals surface area contributed by atoms with Crippen molar-refractivity contribution in [2.24, 2.45) is 0 Å². The predicted molar refractivity (Wildman–Crippen MR) is 67.5 cm³/mol. The van der Waals surface area contributed by atoms with Gasteiger partial charge in [0.15, 0.2) is 0 Å². The Bertz CT molecular complexity index is 690. The first kappa shape index (κ1) is 13.4. The fraction of sp³-hybridized carbons (Fsp3) is 0. The van der Waals surface area contributed by atoms with Gasteiger partial charge in [0.05, 0.1) is 10.6 Å². The number of anilines is 2. The molecule has 0 aliphatic carbocycles.